The minimum Gasteiger partial charge on any atom is -0.497 e. The molecule has 0 radical (unpaired) electrons. The van der Waals surface area contributed by atoms with Gasteiger partial charge in [0.15, 0.2) is 5.96 Å². The summed E-state index contributed by atoms with van der Waals surface area (Å²) in [5.41, 5.74) is 1.34. The number of nitrogens with one attached hydrogen (secondary N) is 2. The second-order valence-electron chi connectivity index (χ2n) is 7.26. The van der Waals surface area contributed by atoms with Crippen LogP contribution in [-0.2, 0) is 5.41 Å². The minimum atomic E-state index is -0.699. The van der Waals surface area contributed by atoms with E-state index in [1.807, 2.05) is 51.1 Å². The van der Waals surface area contributed by atoms with E-state index < -0.39 is 6.10 Å². The number of aliphatic hydroxyl groups is 1. The van der Waals surface area contributed by atoms with Crippen LogP contribution >= 0.6 is 0 Å². The molecule has 3 N–H and O–H groups in total. The Morgan fingerprint density at radius 2 is 1.93 bits per heavy atom. The van der Waals surface area contributed by atoms with E-state index >= 15 is 0 Å². The van der Waals surface area contributed by atoms with E-state index in [0.717, 1.165) is 11.1 Å². The highest BCUT2D eigenvalue weighted by Gasteiger charge is 2.21. The van der Waals surface area contributed by atoms with Gasteiger partial charge >= 0.3 is 0 Å². The van der Waals surface area contributed by atoms with Gasteiger partial charge in [0.2, 0.25) is 0 Å². The molecule has 2 rings (SSSR count). The summed E-state index contributed by atoms with van der Waals surface area (Å²) in [6, 6.07) is 13.9. The third-order valence-electron chi connectivity index (χ3n) is 4.52. The molecular weight excluding hydrogens is 357 g/mol. The van der Waals surface area contributed by atoms with Crippen LogP contribution in [0.1, 0.15) is 38.0 Å². The number of halogens is 1. The molecule has 0 spiro atoms. The van der Waals surface area contributed by atoms with E-state index in [2.05, 4.69) is 15.6 Å². The van der Waals surface area contributed by atoms with E-state index in [1.54, 1.807) is 19.2 Å². The maximum absolute atomic E-state index is 13.5. The number of hydrogen-bond donors (Lipinski definition) is 3. The van der Waals surface area contributed by atoms with Gasteiger partial charge in [0.25, 0.3) is 0 Å². The van der Waals surface area contributed by atoms with E-state index in [0.29, 0.717) is 31.3 Å². The zero-order chi connectivity index (χ0) is 20.6. The molecule has 0 bridgehead atoms. The molecule has 0 aliphatic heterocycles. The molecule has 0 saturated heterocycles. The number of guanidine groups is 1. The summed E-state index contributed by atoms with van der Waals surface area (Å²) in [5.74, 6) is 1.06. The lowest BCUT2D eigenvalue weighted by atomic mass is 9.85. The molecule has 0 fully saturated rings. The second kappa shape index (κ2) is 10.1. The van der Waals surface area contributed by atoms with Crippen LogP contribution in [0.25, 0.3) is 0 Å². The largest absolute Gasteiger partial charge is 0.497 e. The Labute approximate surface area is 166 Å². The Morgan fingerprint density at radius 1 is 1.18 bits per heavy atom. The molecule has 6 heteroatoms. The Balaban J connectivity index is 2.03. The molecule has 1 unspecified atom stereocenters. The van der Waals surface area contributed by atoms with Gasteiger partial charge < -0.3 is 20.5 Å². The zero-order valence-electron chi connectivity index (χ0n) is 17.0. The van der Waals surface area contributed by atoms with Crippen LogP contribution in [0.15, 0.2) is 53.5 Å². The van der Waals surface area contributed by atoms with Gasteiger partial charge in [0.05, 0.1) is 19.8 Å². The first kappa shape index (κ1) is 21.7. The summed E-state index contributed by atoms with van der Waals surface area (Å²) < 4.78 is 18.7. The van der Waals surface area contributed by atoms with Crippen molar-refractivity contribution < 1.29 is 14.2 Å². The van der Waals surface area contributed by atoms with Crippen LogP contribution < -0.4 is 15.4 Å². The van der Waals surface area contributed by atoms with E-state index in [-0.39, 0.29) is 11.2 Å². The molecular formula is C22H30FN3O2. The fourth-order valence-electron chi connectivity index (χ4n) is 2.78. The van der Waals surface area contributed by atoms with Crippen molar-refractivity contribution in [3.05, 3.63) is 65.5 Å². The van der Waals surface area contributed by atoms with Gasteiger partial charge in [-0.25, -0.2) is 4.39 Å². The molecule has 28 heavy (non-hydrogen) atoms. The van der Waals surface area contributed by atoms with Crippen LogP contribution in [0.3, 0.4) is 0 Å². The van der Waals surface area contributed by atoms with Gasteiger partial charge in [0, 0.05) is 18.5 Å². The molecule has 0 aliphatic rings. The summed E-state index contributed by atoms with van der Waals surface area (Å²) in [6.45, 7) is 7.51. The number of aliphatic hydroxyl groups excluding tert-OH is 1. The quantitative estimate of drug-likeness (QED) is 0.480. The van der Waals surface area contributed by atoms with Gasteiger partial charge in [0.1, 0.15) is 11.6 Å². The smallest absolute Gasteiger partial charge is 0.191 e. The van der Waals surface area contributed by atoms with E-state index in [4.69, 9.17) is 4.74 Å². The van der Waals surface area contributed by atoms with Crippen LogP contribution in [0.5, 0.6) is 5.75 Å². The number of methoxy groups -OCH3 is 1. The summed E-state index contributed by atoms with van der Waals surface area (Å²) in [6.07, 6.45) is -0.699. The number of benzene rings is 2. The molecule has 152 valence electrons. The van der Waals surface area contributed by atoms with Crippen molar-refractivity contribution in [2.45, 2.75) is 32.3 Å². The zero-order valence-corrected chi connectivity index (χ0v) is 17.0. The summed E-state index contributed by atoms with van der Waals surface area (Å²) in [7, 11) is 1.60. The molecule has 2 aromatic rings. The van der Waals surface area contributed by atoms with Crippen molar-refractivity contribution in [3.63, 3.8) is 0 Å². The topological polar surface area (TPSA) is 65.9 Å². The maximum atomic E-state index is 13.5. The molecule has 5 nitrogen and oxygen atoms in total. The highest BCUT2D eigenvalue weighted by atomic mass is 19.1. The van der Waals surface area contributed by atoms with Gasteiger partial charge in [-0.2, -0.15) is 0 Å². The molecule has 0 aromatic heterocycles. The van der Waals surface area contributed by atoms with Crippen molar-refractivity contribution >= 4 is 5.96 Å². The second-order valence-corrected chi connectivity index (χ2v) is 7.26. The summed E-state index contributed by atoms with van der Waals surface area (Å²) >= 11 is 0. The Bertz CT molecular complexity index is 793. The molecule has 0 amide bonds. The SMILES string of the molecule is CCNC(=NCC(C)(C)c1cccc(F)c1)NCC(O)c1cccc(OC)c1. The Morgan fingerprint density at radius 3 is 2.61 bits per heavy atom. The maximum Gasteiger partial charge on any atom is 0.191 e. The lowest BCUT2D eigenvalue weighted by Gasteiger charge is -2.24. The first-order valence-electron chi connectivity index (χ1n) is 9.46. The van der Waals surface area contributed by atoms with Crippen molar-refractivity contribution in [1.29, 1.82) is 0 Å². The predicted molar refractivity (Wildman–Crippen MR) is 111 cm³/mol. The van der Waals surface area contributed by atoms with Crippen LogP contribution in [0.4, 0.5) is 4.39 Å². The highest BCUT2D eigenvalue weighted by Crippen LogP contribution is 2.24. The molecule has 0 heterocycles. The molecule has 0 aliphatic carbocycles. The highest BCUT2D eigenvalue weighted by molar-refractivity contribution is 5.79. The summed E-state index contributed by atoms with van der Waals surface area (Å²) in [5, 5.41) is 16.8. The standard InChI is InChI=1S/C22H30FN3O2/c1-5-24-21(25-14-20(27)16-8-6-11-19(12-16)28-4)26-15-22(2,3)17-9-7-10-18(23)13-17/h6-13,20,27H,5,14-15H2,1-4H3,(H2,24,25,26). The van der Waals surface area contributed by atoms with E-state index in [1.165, 1.54) is 6.07 Å². The monoisotopic (exact) mass is 387 g/mol. The van der Waals surface area contributed by atoms with Gasteiger partial charge in [-0.05, 0) is 42.3 Å². The third kappa shape index (κ3) is 6.23. The Hall–Kier alpha value is -2.60. The number of rotatable bonds is 8. The first-order valence-corrected chi connectivity index (χ1v) is 9.46. The number of nitrogens with zero attached hydrogens (tertiary/aromatic N) is 1. The van der Waals surface area contributed by atoms with Crippen LogP contribution in [0.2, 0.25) is 0 Å². The van der Waals surface area contributed by atoms with Crippen molar-refractivity contribution in [3.8, 4) is 5.75 Å². The third-order valence-corrected chi connectivity index (χ3v) is 4.52. The minimum absolute atomic E-state index is 0.249. The van der Waals surface area contributed by atoms with Crippen molar-refractivity contribution in [1.82, 2.24) is 10.6 Å². The van der Waals surface area contributed by atoms with E-state index in [9.17, 15) is 9.50 Å². The number of ether oxygens (including phenoxy) is 1. The van der Waals surface area contributed by atoms with Crippen LogP contribution in [0, 0.1) is 5.82 Å². The van der Waals surface area contributed by atoms with Crippen LogP contribution in [-0.4, -0.2) is 37.8 Å². The van der Waals surface area contributed by atoms with Crippen molar-refractivity contribution in [2.24, 2.45) is 4.99 Å². The molecule has 1 atom stereocenters. The fourth-order valence-corrected chi connectivity index (χ4v) is 2.78. The molecule has 2 aromatic carbocycles. The van der Waals surface area contributed by atoms with Crippen molar-refractivity contribution in [2.75, 3.05) is 26.7 Å². The fraction of sp³-hybridized carbons (Fsp3) is 0.409. The number of aliphatic imine (C=N–C) groups is 1. The lowest BCUT2D eigenvalue weighted by molar-refractivity contribution is 0.180. The average Bonchev–Trinajstić information content (AvgIpc) is 2.70. The van der Waals surface area contributed by atoms with Gasteiger partial charge in [-0.15, -0.1) is 0 Å². The van der Waals surface area contributed by atoms with Gasteiger partial charge in [-0.1, -0.05) is 38.1 Å². The lowest BCUT2D eigenvalue weighted by Crippen LogP contribution is -2.40. The first-order chi connectivity index (χ1) is 13.4. The van der Waals surface area contributed by atoms with Gasteiger partial charge in [-0.3, -0.25) is 4.99 Å². The summed E-state index contributed by atoms with van der Waals surface area (Å²) in [4.78, 5) is 4.63. The normalized spacial score (nSPS) is 13.1. The average molecular weight is 387 g/mol. The number of hydrogen-bond acceptors (Lipinski definition) is 3. The molecule has 0 saturated carbocycles. The predicted octanol–water partition coefficient (Wildman–Crippen LogP) is 3.40. The Kier molecular flexibility index (Phi) is 7.81.